The fourth-order valence-electron chi connectivity index (χ4n) is 2.10. The number of aromatic carboxylic acids is 1. The average molecular weight is 292 g/mol. The average Bonchev–Trinajstić information content (AvgIpc) is 2.79. The monoisotopic (exact) mass is 292 g/mol. The molecule has 2 rings (SSSR count). The highest BCUT2D eigenvalue weighted by molar-refractivity contribution is 5.87. The summed E-state index contributed by atoms with van der Waals surface area (Å²) in [7, 11) is 3.14. The Morgan fingerprint density at radius 2 is 2.05 bits per heavy atom. The van der Waals surface area contributed by atoms with Gasteiger partial charge in [0.15, 0.2) is 5.69 Å². The maximum atomic E-state index is 14.1. The third-order valence-corrected chi connectivity index (χ3v) is 3.26. The summed E-state index contributed by atoms with van der Waals surface area (Å²) in [5.41, 5.74) is 0.0596. The van der Waals surface area contributed by atoms with Crippen LogP contribution in [0.5, 0.6) is 5.75 Å². The van der Waals surface area contributed by atoms with Gasteiger partial charge in [-0.15, -0.1) is 0 Å². The Morgan fingerprint density at radius 1 is 1.38 bits per heavy atom. The number of rotatable bonds is 4. The standard InChI is InChI=1S/C15H17FN2O3/c1-15(2,16)9-5-6-13(21-4)10(7-9)12-8-11(14(19)20)17-18(12)3/h5-8H,1-4H3,(H,19,20). The Morgan fingerprint density at radius 3 is 2.52 bits per heavy atom. The molecular formula is C15H17FN2O3. The minimum atomic E-state index is -1.50. The molecule has 0 aliphatic heterocycles. The molecule has 0 aliphatic carbocycles. The van der Waals surface area contributed by atoms with Crippen molar-refractivity contribution in [3.8, 4) is 17.0 Å². The lowest BCUT2D eigenvalue weighted by Gasteiger charge is -2.17. The first-order chi connectivity index (χ1) is 9.74. The van der Waals surface area contributed by atoms with Crippen molar-refractivity contribution in [2.45, 2.75) is 19.5 Å². The summed E-state index contributed by atoms with van der Waals surface area (Å²) >= 11 is 0. The maximum absolute atomic E-state index is 14.1. The van der Waals surface area contributed by atoms with Crippen molar-refractivity contribution >= 4 is 5.97 Å². The van der Waals surface area contributed by atoms with Gasteiger partial charge in [0.2, 0.25) is 0 Å². The van der Waals surface area contributed by atoms with Crippen molar-refractivity contribution in [2.24, 2.45) is 7.05 Å². The van der Waals surface area contributed by atoms with Gasteiger partial charge in [-0.25, -0.2) is 9.18 Å². The number of carboxylic acid groups (broad SMARTS) is 1. The lowest BCUT2D eigenvalue weighted by atomic mass is 9.96. The number of hydrogen-bond acceptors (Lipinski definition) is 3. The normalized spacial score (nSPS) is 11.5. The molecule has 0 fully saturated rings. The van der Waals surface area contributed by atoms with Gasteiger partial charge in [0.25, 0.3) is 0 Å². The topological polar surface area (TPSA) is 64.3 Å². The van der Waals surface area contributed by atoms with E-state index >= 15 is 0 Å². The molecule has 1 N–H and O–H groups in total. The second-order valence-electron chi connectivity index (χ2n) is 5.23. The van der Waals surface area contributed by atoms with Gasteiger partial charge in [-0.05, 0) is 37.6 Å². The van der Waals surface area contributed by atoms with Crippen LogP contribution in [0.4, 0.5) is 4.39 Å². The number of carbonyl (C=O) groups is 1. The van der Waals surface area contributed by atoms with E-state index in [0.29, 0.717) is 22.6 Å². The summed E-state index contributed by atoms with van der Waals surface area (Å²) in [4.78, 5) is 11.0. The molecule has 0 spiro atoms. The molecule has 0 saturated heterocycles. The van der Waals surface area contributed by atoms with Gasteiger partial charge >= 0.3 is 5.97 Å². The van der Waals surface area contributed by atoms with E-state index in [1.807, 2.05) is 0 Å². The molecule has 1 heterocycles. The van der Waals surface area contributed by atoms with Crippen molar-refractivity contribution < 1.29 is 19.0 Å². The summed E-state index contributed by atoms with van der Waals surface area (Å²) < 4.78 is 20.9. The SMILES string of the molecule is COc1ccc(C(C)(C)F)cc1-c1cc(C(=O)O)nn1C. The molecule has 0 aliphatic rings. The summed E-state index contributed by atoms with van der Waals surface area (Å²) in [6, 6.07) is 6.41. The zero-order valence-electron chi connectivity index (χ0n) is 12.3. The zero-order valence-corrected chi connectivity index (χ0v) is 12.3. The molecule has 0 bridgehead atoms. The molecule has 1 aromatic heterocycles. The fraction of sp³-hybridized carbons (Fsp3) is 0.333. The lowest BCUT2D eigenvalue weighted by Crippen LogP contribution is -2.09. The van der Waals surface area contributed by atoms with Crippen molar-refractivity contribution in [2.75, 3.05) is 7.11 Å². The quantitative estimate of drug-likeness (QED) is 0.941. The first-order valence-electron chi connectivity index (χ1n) is 6.39. The second-order valence-corrected chi connectivity index (χ2v) is 5.23. The molecule has 2 aromatic rings. The van der Waals surface area contributed by atoms with Crippen LogP contribution in [0.1, 0.15) is 29.9 Å². The summed E-state index contributed by atoms with van der Waals surface area (Å²) in [6.45, 7) is 2.93. The highest BCUT2D eigenvalue weighted by Crippen LogP contribution is 2.35. The number of aryl methyl sites for hydroxylation is 1. The Kier molecular flexibility index (Phi) is 3.72. The number of methoxy groups -OCH3 is 1. The molecule has 0 saturated carbocycles. The van der Waals surface area contributed by atoms with Crippen LogP contribution >= 0.6 is 0 Å². The third-order valence-electron chi connectivity index (χ3n) is 3.26. The Labute approximate surface area is 122 Å². The first kappa shape index (κ1) is 15.0. The molecule has 0 amide bonds. The first-order valence-corrected chi connectivity index (χ1v) is 6.39. The number of benzene rings is 1. The molecule has 0 atom stereocenters. The minimum Gasteiger partial charge on any atom is -0.496 e. The number of ether oxygens (including phenoxy) is 1. The predicted molar refractivity (Wildman–Crippen MR) is 76.3 cm³/mol. The van der Waals surface area contributed by atoms with Gasteiger partial charge in [-0.2, -0.15) is 5.10 Å². The second kappa shape index (κ2) is 5.20. The van der Waals surface area contributed by atoms with Crippen molar-refractivity contribution in [3.05, 3.63) is 35.5 Å². The molecular weight excluding hydrogens is 275 g/mol. The summed E-state index contributed by atoms with van der Waals surface area (Å²) in [5.74, 6) is -0.583. The number of alkyl halides is 1. The van der Waals surface area contributed by atoms with Crippen LogP contribution in [0.2, 0.25) is 0 Å². The van der Waals surface area contributed by atoms with E-state index in [1.165, 1.54) is 31.7 Å². The Balaban J connectivity index is 2.64. The van der Waals surface area contributed by atoms with Gasteiger partial charge in [0.05, 0.1) is 12.8 Å². The molecule has 21 heavy (non-hydrogen) atoms. The van der Waals surface area contributed by atoms with Crippen molar-refractivity contribution in [1.29, 1.82) is 0 Å². The number of carboxylic acids is 1. The molecule has 112 valence electrons. The van der Waals surface area contributed by atoms with Gasteiger partial charge in [-0.3, -0.25) is 4.68 Å². The summed E-state index contributed by atoms with van der Waals surface area (Å²) in [6.07, 6.45) is 0. The van der Waals surface area contributed by atoms with E-state index < -0.39 is 11.6 Å². The molecule has 0 unspecified atom stereocenters. The zero-order chi connectivity index (χ0) is 15.8. The van der Waals surface area contributed by atoms with Crippen molar-refractivity contribution in [3.63, 3.8) is 0 Å². The summed E-state index contributed by atoms with van der Waals surface area (Å²) in [5, 5.41) is 12.9. The van der Waals surface area contributed by atoms with Crippen LogP contribution in [0.25, 0.3) is 11.3 Å². The van der Waals surface area contributed by atoms with Crippen LogP contribution in [-0.4, -0.2) is 28.0 Å². The van der Waals surface area contributed by atoms with Crippen LogP contribution < -0.4 is 4.74 Å². The van der Waals surface area contributed by atoms with Crippen LogP contribution in [0.3, 0.4) is 0 Å². The minimum absolute atomic E-state index is 0.0699. The number of hydrogen-bond donors (Lipinski definition) is 1. The van der Waals surface area contributed by atoms with Crippen LogP contribution in [-0.2, 0) is 12.7 Å². The smallest absolute Gasteiger partial charge is 0.356 e. The highest BCUT2D eigenvalue weighted by Gasteiger charge is 2.22. The number of nitrogens with zero attached hydrogens (tertiary/aromatic N) is 2. The molecule has 6 heteroatoms. The van der Waals surface area contributed by atoms with Gasteiger partial charge in [-0.1, -0.05) is 6.07 Å². The fourth-order valence-corrected chi connectivity index (χ4v) is 2.10. The number of halogens is 1. The van der Waals surface area contributed by atoms with E-state index in [0.717, 1.165) is 0 Å². The number of aromatic nitrogens is 2. The van der Waals surface area contributed by atoms with E-state index in [1.54, 1.807) is 25.2 Å². The van der Waals surface area contributed by atoms with Gasteiger partial charge < -0.3 is 9.84 Å². The largest absolute Gasteiger partial charge is 0.496 e. The lowest BCUT2D eigenvalue weighted by molar-refractivity contribution is 0.0689. The molecule has 1 aromatic carbocycles. The Bertz CT molecular complexity index is 687. The van der Waals surface area contributed by atoms with E-state index in [-0.39, 0.29) is 5.69 Å². The van der Waals surface area contributed by atoms with E-state index in [2.05, 4.69) is 5.10 Å². The van der Waals surface area contributed by atoms with Gasteiger partial charge in [0, 0.05) is 12.6 Å². The van der Waals surface area contributed by atoms with E-state index in [9.17, 15) is 9.18 Å². The van der Waals surface area contributed by atoms with Gasteiger partial charge in [0.1, 0.15) is 11.4 Å². The third kappa shape index (κ3) is 2.89. The van der Waals surface area contributed by atoms with Crippen LogP contribution in [0, 0.1) is 0 Å². The highest BCUT2D eigenvalue weighted by atomic mass is 19.1. The molecule has 0 radical (unpaired) electrons. The maximum Gasteiger partial charge on any atom is 0.356 e. The molecule has 5 nitrogen and oxygen atoms in total. The Hall–Kier alpha value is -2.37. The predicted octanol–water partition coefficient (Wildman–Crippen LogP) is 3.00. The van der Waals surface area contributed by atoms with Crippen LogP contribution in [0.15, 0.2) is 24.3 Å². The van der Waals surface area contributed by atoms with E-state index in [4.69, 9.17) is 9.84 Å². The van der Waals surface area contributed by atoms with Crippen molar-refractivity contribution in [1.82, 2.24) is 9.78 Å².